The zero-order chi connectivity index (χ0) is 28.7. The Kier molecular flexibility index (Phi) is 10.0. The van der Waals surface area contributed by atoms with Crippen molar-refractivity contribution in [2.75, 3.05) is 0 Å². The van der Waals surface area contributed by atoms with Gasteiger partial charge in [-0.15, -0.1) is 0 Å². The molecule has 2 aromatic carbocycles. The maximum atomic E-state index is 13.8. The van der Waals surface area contributed by atoms with Gasteiger partial charge >= 0.3 is 5.97 Å². The second kappa shape index (κ2) is 12.6. The number of allylic oxidation sites excluding steroid dienone is 1. The van der Waals surface area contributed by atoms with Crippen molar-refractivity contribution in [3.8, 4) is 23.0 Å². The van der Waals surface area contributed by atoms with Gasteiger partial charge in [0.05, 0.1) is 12.0 Å². The molecule has 8 nitrogen and oxygen atoms in total. The summed E-state index contributed by atoms with van der Waals surface area (Å²) in [6.07, 6.45) is 3.31. The lowest BCUT2D eigenvalue weighted by atomic mass is 9.91. The minimum Gasteiger partial charge on any atom is -0.504 e. The van der Waals surface area contributed by atoms with Gasteiger partial charge < -0.3 is 29.9 Å². The molecule has 206 valence electrons. The van der Waals surface area contributed by atoms with Gasteiger partial charge in [0.15, 0.2) is 28.8 Å². The molecule has 0 aliphatic heterocycles. The van der Waals surface area contributed by atoms with Crippen molar-refractivity contribution in [3.05, 3.63) is 59.7 Å². The first-order chi connectivity index (χ1) is 17.5. The molecule has 2 rings (SSSR count). The molecule has 0 radical (unpaired) electrons. The second-order valence-electron chi connectivity index (χ2n) is 9.51. The van der Waals surface area contributed by atoms with E-state index in [0.29, 0.717) is 11.1 Å². The minimum atomic E-state index is -2.06. The number of carboxylic acid groups (broad SMARTS) is 1. The van der Waals surface area contributed by atoms with Crippen LogP contribution in [0, 0.1) is 5.92 Å². The van der Waals surface area contributed by atoms with Gasteiger partial charge in [-0.05, 0) is 47.9 Å². The molecule has 2 atom stereocenters. The zero-order valence-electron chi connectivity index (χ0n) is 21.5. The molecule has 2 unspecified atom stereocenters. The van der Waals surface area contributed by atoms with E-state index in [1.165, 1.54) is 68.5 Å². The highest BCUT2D eigenvalue weighted by Crippen LogP contribution is 2.32. The van der Waals surface area contributed by atoms with E-state index >= 15 is 0 Å². The number of benzene rings is 2. The molecule has 0 bridgehead atoms. The minimum absolute atomic E-state index is 0.121. The monoisotopic (exact) mass is 534 g/mol. The highest BCUT2D eigenvalue weighted by molar-refractivity contribution is 5.96. The van der Waals surface area contributed by atoms with Crippen LogP contribution < -0.4 is 9.47 Å². The van der Waals surface area contributed by atoms with E-state index in [-0.39, 0.29) is 35.8 Å². The van der Waals surface area contributed by atoms with Crippen molar-refractivity contribution < 1.29 is 48.3 Å². The maximum absolute atomic E-state index is 13.8. The van der Waals surface area contributed by atoms with Crippen molar-refractivity contribution >= 4 is 23.9 Å². The molecule has 0 spiro atoms. The van der Waals surface area contributed by atoms with Crippen LogP contribution in [0.2, 0.25) is 0 Å². The number of carbonyl (C=O) groups excluding carboxylic acids is 1. The summed E-state index contributed by atoms with van der Waals surface area (Å²) >= 11 is 0. The summed E-state index contributed by atoms with van der Waals surface area (Å²) in [6.45, 7) is 4.65. The molecule has 0 heterocycles. The number of phenols is 2. The number of phenolic OH excluding ortho intramolecular Hbond substituents is 2. The second-order valence-corrected chi connectivity index (χ2v) is 9.51. The van der Waals surface area contributed by atoms with Gasteiger partial charge in [-0.2, -0.15) is 8.78 Å². The molecule has 0 amide bonds. The summed E-state index contributed by atoms with van der Waals surface area (Å²) in [4.78, 5) is 24.0. The predicted octanol–water partition coefficient (Wildman–Crippen LogP) is 5.40. The van der Waals surface area contributed by atoms with E-state index in [0.717, 1.165) is 19.9 Å². The first-order valence-electron chi connectivity index (χ1n) is 11.8. The highest BCUT2D eigenvalue weighted by atomic mass is 19.2. The quantitative estimate of drug-likeness (QED) is 0.251. The first-order valence-corrected chi connectivity index (χ1v) is 11.8. The van der Waals surface area contributed by atoms with Gasteiger partial charge in [-0.25, -0.2) is 0 Å². The summed E-state index contributed by atoms with van der Waals surface area (Å²) in [5.41, 5.74) is 0.818. The summed E-state index contributed by atoms with van der Waals surface area (Å²) < 4.78 is 37.8. The third-order valence-electron chi connectivity index (χ3n) is 5.05. The van der Waals surface area contributed by atoms with Crippen molar-refractivity contribution in [2.45, 2.75) is 58.4 Å². The highest BCUT2D eigenvalue weighted by Gasteiger charge is 2.25. The lowest BCUT2D eigenvalue weighted by Crippen LogP contribution is -2.26. The average Bonchev–Trinajstić information content (AvgIpc) is 2.78. The number of aromatic hydroxyl groups is 2. The molecule has 0 aliphatic carbocycles. The van der Waals surface area contributed by atoms with E-state index in [1.54, 1.807) is 0 Å². The molecule has 10 heteroatoms. The number of aliphatic hydroxyl groups is 1. The van der Waals surface area contributed by atoms with Gasteiger partial charge in [0.25, 0.3) is 0 Å². The summed E-state index contributed by atoms with van der Waals surface area (Å²) in [7, 11) is 0. The van der Waals surface area contributed by atoms with Crippen LogP contribution in [0.5, 0.6) is 23.0 Å². The number of rotatable bonds is 13. The van der Waals surface area contributed by atoms with Crippen LogP contribution in [0.15, 0.2) is 48.6 Å². The number of halogens is 2. The summed E-state index contributed by atoms with van der Waals surface area (Å²) in [5, 5.41) is 39.5. The molecular weight excluding hydrogens is 502 g/mol. The molecule has 0 fully saturated rings. The SMILES string of the molecule is CC(C)(F)Oc1cc(/C=C/C(=O)C(CCC(=O)O)C(O)/C=C/c2ccc(O)c(OC(C)(C)F)c2)ccc1O. The number of ether oxygens (including phenoxy) is 2. The number of ketones is 1. The van der Waals surface area contributed by atoms with Crippen LogP contribution in [0.3, 0.4) is 0 Å². The van der Waals surface area contributed by atoms with E-state index < -0.39 is 35.5 Å². The van der Waals surface area contributed by atoms with Crippen LogP contribution >= 0.6 is 0 Å². The van der Waals surface area contributed by atoms with E-state index in [9.17, 15) is 33.7 Å². The number of aliphatic carboxylic acids is 1. The van der Waals surface area contributed by atoms with Crippen molar-refractivity contribution in [1.29, 1.82) is 0 Å². The van der Waals surface area contributed by atoms with Crippen molar-refractivity contribution in [3.63, 3.8) is 0 Å². The van der Waals surface area contributed by atoms with Crippen molar-refractivity contribution in [1.82, 2.24) is 0 Å². The molecule has 0 aromatic heterocycles. The molecule has 2 aromatic rings. The number of aliphatic hydroxyl groups excluding tert-OH is 1. The number of alkyl halides is 2. The first kappa shape index (κ1) is 30.3. The lowest BCUT2D eigenvalue weighted by Gasteiger charge is -2.19. The Bertz CT molecular complexity index is 1190. The number of hydrogen-bond acceptors (Lipinski definition) is 7. The van der Waals surface area contributed by atoms with E-state index in [1.807, 2.05) is 0 Å². The largest absolute Gasteiger partial charge is 0.504 e. The fraction of sp³-hybridized carbons (Fsp3) is 0.357. The summed E-state index contributed by atoms with van der Waals surface area (Å²) in [5.74, 6) is -7.77. The van der Waals surface area contributed by atoms with Crippen LogP contribution in [0.25, 0.3) is 12.2 Å². The fourth-order valence-corrected chi connectivity index (χ4v) is 3.36. The Balaban J connectivity index is 2.24. The average molecular weight is 535 g/mol. The Hall–Kier alpha value is -3.92. The third-order valence-corrected chi connectivity index (χ3v) is 5.05. The Labute approximate surface area is 219 Å². The predicted molar refractivity (Wildman–Crippen MR) is 137 cm³/mol. The molecule has 4 N–H and O–H groups in total. The number of carboxylic acids is 1. The number of carbonyl (C=O) groups is 2. The topological polar surface area (TPSA) is 134 Å². The lowest BCUT2D eigenvalue weighted by molar-refractivity contribution is -0.137. The molecule has 0 saturated carbocycles. The third kappa shape index (κ3) is 10.2. The van der Waals surface area contributed by atoms with Crippen LogP contribution in [-0.2, 0) is 9.59 Å². The zero-order valence-corrected chi connectivity index (χ0v) is 21.5. The van der Waals surface area contributed by atoms with Gasteiger partial charge in [0, 0.05) is 34.1 Å². The normalized spacial score (nSPS) is 14.0. The summed E-state index contributed by atoms with van der Waals surface area (Å²) in [6, 6.07) is 8.16. The van der Waals surface area contributed by atoms with Crippen molar-refractivity contribution in [2.24, 2.45) is 5.92 Å². The van der Waals surface area contributed by atoms with Gasteiger partial charge in [0.1, 0.15) is 0 Å². The Morgan fingerprint density at radius 1 is 0.895 bits per heavy atom. The van der Waals surface area contributed by atoms with Crippen LogP contribution in [0.4, 0.5) is 8.78 Å². The number of hydrogen-bond donors (Lipinski definition) is 4. The smallest absolute Gasteiger partial charge is 0.303 e. The standard InChI is InChI=1S/C28H32F2O8/c1-27(2,29)37-24-15-17(7-12-22(24)33)5-10-20(31)19(9-14-26(35)36)21(32)11-6-18-8-13-23(34)25(16-18)38-28(3,4)30/h5-8,10-13,15-16,19-20,31,33-34H,9,14H2,1-4H3,(H,35,36)/b10-5+,11-6+. The van der Waals surface area contributed by atoms with Gasteiger partial charge in [-0.1, -0.05) is 30.4 Å². The molecule has 38 heavy (non-hydrogen) atoms. The van der Waals surface area contributed by atoms with Gasteiger partial charge in [-0.3, -0.25) is 9.59 Å². The maximum Gasteiger partial charge on any atom is 0.303 e. The van der Waals surface area contributed by atoms with E-state index in [2.05, 4.69) is 0 Å². The molecular formula is C28H32F2O8. The van der Waals surface area contributed by atoms with Crippen LogP contribution in [0.1, 0.15) is 51.7 Å². The Morgan fingerprint density at radius 3 is 1.82 bits per heavy atom. The molecule has 0 aliphatic rings. The molecule has 0 saturated heterocycles. The Morgan fingerprint density at radius 2 is 1.37 bits per heavy atom. The van der Waals surface area contributed by atoms with Gasteiger partial charge in [0.2, 0.25) is 11.7 Å². The van der Waals surface area contributed by atoms with E-state index in [4.69, 9.17) is 14.6 Å². The van der Waals surface area contributed by atoms with Crippen LogP contribution in [-0.4, -0.2) is 50.0 Å². The fourth-order valence-electron chi connectivity index (χ4n) is 3.36.